The van der Waals surface area contributed by atoms with Crippen LogP contribution in [0, 0.1) is 0 Å². The van der Waals surface area contributed by atoms with E-state index in [0.29, 0.717) is 18.4 Å². The van der Waals surface area contributed by atoms with E-state index in [2.05, 4.69) is 46.1 Å². The molecule has 0 radical (unpaired) electrons. The van der Waals surface area contributed by atoms with Gasteiger partial charge < -0.3 is 28.8 Å². The van der Waals surface area contributed by atoms with E-state index in [1.165, 1.54) is 18.4 Å². The smallest absolute Gasteiger partial charge is 0.267 e. The first-order valence-corrected chi connectivity index (χ1v) is 19.4. The molecule has 0 unspecified atom stereocenters. The number of aromatic nitrogens is 4. The number of benzene rings is 1. The second-order valence-electron chi connectivity index (χ2n) is 14.2. The molecule has 0 aliphatic carbocycles. The second kappa shape index (κ2) is 22.0. The first-order chi connectivity index (χ1) is 24.6. The van der Waals surface area contributed by atoms with Crippen LogP contribution >= 0.6 is 0 Å². The summed E-state index contributed by atoms with van der Waals surface area (Å²) in [6, 6.07) is 14.1. The molecule has 5 rings (SSSR count). The van der Waals surface area contributed by atoms with E-state index >= 15 is 0 Å². The topological polar surface area (TPSA) is 102 Å². The van der Waals surface area contributed by atoms with Gasteiger partial charge in [0.2, 0.25) is 0 Å². The number of nitrogens with one attached hydrogen (secondary N) is 1. The van der Waals surface area contributed by atoms with E-state index in [9.17, 15) is 4.79 Å². The summed E-state index contributed by atoms with van der Waals surface area (Å²) in [5.74, 6) is 0.00142. The van der Waals surface area contributed by atoms with E-state index in [4.69, 9.17) is 18.9 Å². The molecule has 1 amide bonds. The Kier molecular flexibility index (Phi) is 16.8. The molecule has 0 spiro atoms. The summed E-state index contributed by atoms with van der Waals surface area (Å²) in [6.07, 6.45) is 22.4. The van der Waals surface area contributed by atoms with Crippen LogP contribution in [-0.2, 0) is 39.1 Å². The Morgan fingerprint density at radius 1 is 0.800 bits per heavy atom. The van der Waals surface area contributed by atoms with Gasteiger partial charge in [-0.05, 0) is 108 Å². The third-order valence-corrected chi connectivity index (χ3v) is 9.98. The highest BCUT2D eigenvalue weighted by Gasteiger charge is 2.27. The van der Waals surface area contributed by atoms with Crippen molar-refractivity contribution in [1.29, 1.82) is 0 Å². The Morgan fingerprint density at radius 3 is 2.28 bits per heavy atom. The molecule has 1 aromatic carbocycles. The van der Waals surface area contributed by atoms with E-state index < -0.39 is 0 Å². The number of carbonyl (C=O) groups excluding carboxylic acids is 1. The van der Waals surface area contributed by atoms with Gasteiger partial charge in [0.05, 0.1) is 37.7 Å². The van der Waals surface area contributed by atoms with Crippen LogP contribution in [0.4, 0.5) is 0 Å². The fraction of sp³-hybridized carbons (Fsp3) is 0.675. The quantitative estimate of drug-likeness (QED) is 0.102. The zero-order valence-corrected chi connectivity index (χ0v) is 30.4. The van der Waals surface area contributed by atoms with Crippen LogP contribution in [-0.4, -0.2) is 70.1 Å². The lowest BCUT2D eigenvalue weighted by molar-refractivity contribution is -0.0630. The van der Waals surface area contributed by atoms with Crippen LogP contribution in [0.1, 0.15) is 131 Å². The Balaban J connectivity index is 0.858. The fourth-order valence-electron chi connectivity index (χ4n) is 7.11. The van der Waals surface area contributed by atoms with Crippen LogP contribution < -0.4 is 5.32 Å². The number of aryl methyl sites for hydroxylation is 1. The van der Waals surface area contributed by atoms with Gasteiger partial charge in [-0.15, -0.1) is 5.10 Å². The Labute approximate surface area is 299 Å². The summed E-state index contributed by atoms with van der Waals surface area (Å²) in [7, 11) is 1.89. The Bertz CT molecular complexity index is 1350. The van der Waals surface area contributed by atoms with Gasteiger partial charge in [-0.1, -0.05) is 48.4 Å². The van der Waals surface area contributed by atoms with Crippen LogP contribution in [0.2, 0.25) is 0 Å². The van der Waals surface area contributed by atoms with Crippen LogP contribution in [0.25, 0.3) is 0 Å². The zero-order valence-electron chi connectivity index (χ0n) is 30.4. The number of unbranched alkanes of at least 4 members (excludes halogenated alkanes) is 5. The molecule has 4 heterocycles. The SMILES string of the molecule is Cn1cccc1C(=O)NCCCCCCOCCCC[C@H]1CCC[C@@H](Cn2cc([C@@H]3CCC[C@H](CCCCOCc4ccccc4)O3)nn2)O1. The van der Waals surface area contributed by atoms with Crippen molar-refractivity contribution in [3.63, 3.8) is 0 Å². The lowest BCUT2D eigenvalue weighted by Gasteiger charge is -2.30. The maximum Gasteiger partial charge on any atom is 0.267 e. The molecule has 2 aliphatic heterocycles. The first-order valence-electron chi connectivity index (χ1n) is 19.4. The highest BCUT2D eigenvalue weighted by Crippen LogP contribution is 2.32. The zero-order chi connectivity index (χ0) is 34.6. The third-order valence-electron chi connectivity index (χ3n) is 9.98. The molecular weight excluding hydrogens is 630 g/mol. The normalized spacial score (nSPS) is 21.0. The van der Waals surface area contributed by atoms with E-state index in [1.54, 1.807) is 0 Å². The van der Waals surface area contributed by atoms with E-state index in [-0.39, 0.29) is 24.2 Å². The summed E-state index contributed by atoms with van der Waals surface area (Å²) in [5, 5.41) is 12.0. The van der Waals surface area contributed by atoms with Gasteiger partial charge in [-0.3, -0.25) is 4.79 Å². The minimum atomic E-state index is 0.00142. The number of rotatable bonds is 23. The molecule has 3 aromatic rings. The third kappa shape index (κ3) is 13.6. The molecule has 0 bridgehead atoms. The predicted molar refractivity (Wildman–Crippen MR) is 195 cm³/mol. The Morgan fingerprint density at radius 2 is 1.50 bits per heavy atom. The van der Waals surface area contributed by atoms with E-state index in [1.807, 2.05) is 40.7 Å². The number of hydrogen-bond acceptors (Lipinski definition) is 7. The largest absolute Gasteiger partial charge is 0.381 e. The molecule has 2 saturated heterocycles. The average molecular weight is 692 g/mol. The van der Waals surface area contributed by atoms with Gasteiger partial charge in [0.1, 0.15) is 17.5 Å². The lowest BCUT2D eigenvalue weighted by atomic mass is 9.99. The number of carbonyl (C=O) groups is 1. The van der Waals surface area contributed by atoms with Crippen molar-refractivity contribution in [3.8, 4) is 0 Å². The molecule has 0 saturated carbocycles. The molecular formula is C40H61N5O5. The summed E-state index contributed by atoms with van der Waals surface area (Å²) in [5.41, 5.74) is 2.89. The molecule has 1 N–H and O–H groups in total. The summed E-state index contributed by atoms with van der Waals surface area (Å²) >= 11 is 0. The number of hydrogen-bond donors (Lipinski definition) is 1. The van der Waals surface area contributed by atoms with Crippen molar-refractivity contribution >= 4 is 5.91 Å². The summed E-state index contributed by atoms with van der Waals surface area (Å²) in [4.78, 5) is 12.1. The molecule has 10 nitrogen and oxygen atoms in total. The van der Waals surface area contributed by atoms with Crippen molar-refractivity contribution in [2.45, 2.75) is 140 Å². The van der Waals surface area contributed by atoms with Gasteiger partial charge in [-0.2, -0.15) is 0 Å². The monoisotopic (exact) mass is 691 g/mol. The summed E-state index contributed by atoms with van der Waals surface area (Å²) < 4.78 is 28.5. The highest BCUT2D eigenvalue weighted by molar-refractivity contribution is 5.92. The maximum atomic E-state index is 12.1. The first kappa shape index (κ1) is 38.2. The fourth-order valence-corrected chi connectivity index (χ4v) is 7.11. The van der Waals surface area contributed by atoms with Crippen molar-refractivity contribution in [1.82, 2.24) is 24.9 Å². The van der Waals surface area contributed by atoms with Crippen molar-refractivity contribution < 1.29 is 23.7 Å². The minimum absolute atomic E-state index is 0.00142. The number of ether oxygens (including phenoxy) is 4. The molecule has 4 atom stereocenters. The maximum absolute atomic E-state index is 12.1. The van der Waals surface area contributed by atoms with Gasteiger partial charge >= 0.3 is 0 Å². The standard InChI is InChI=1S/C40H61N5O5/c1-44-26-15-23-38(44)40(46)41-25-9-2-3-10-27-47-28-11-7-18-34-20-13-22-36(49-34)30-45-31-37(42-43-45)39-24-14-21-35(50-39)19-8-12-29-48-32-33-16-5-4-6-17-33/h4-6,15-17,23,26,31,34-36,39H,2-3,7-14,18-22,24-25,27-30,32H2,1H3,(H,41,46)/t34-,35-,36-,39-/m0/s1. The molecule has 2 fully saturated rings. The predicted octanol–water partition coefficient (Wildman–Crippen LogP) is 7.73. The summed E-state index contributed by atoms with van der Waals surface area (Å²) in [6.45, 7) is 4.58. The lowest BCUT2D eigenvalue weighted by Crippen LogP contribution is -2.31. The van der Waals surface area contributed by atoms with Crippen molar-refractivity contribution in [3.05, 3.63) is 71.8 Å². The van der Waals surface area contributed by atoms with E-state index in [0.717, 1.165) is 128 Å². The van der Waals surface area contributed by atoms with Gasteiger partial charge in [-0.25, -0.2) is 4.68 Å². The average Bonchev–Trinajstić information content (AvgIpc) is 3.80. The van der Waals surface area contributed by atoms with Crippen molar-refractivity contribution in [2.75, 3.05) is 26.4 Å². The van der Waals surface area contributed by atoms with Crippen LogP contribution in [0.5, 0.6) is 0 Å². The highest BCUT2D eigenvalue weighted by atomic mass is 16.5. The van der Waals surface area contributed by atoms with Gasteiger partial charge in [0.25, 0.3) is 5.91 Å². The molecule has 2 aliphatic rings. The molecule has 50 heavy (non-hydrogen) atoms. The molecule has 2 aromatic heterocycles. The molecule has 10 heteroatoms. The number of nitrogens with zero attached hydrogens (tertiary/aromatic N) is 4. The number of amides is 1. The minimum Gasteiger partial charge on any atom is -0.381 e. The van der Waals surface area contributed by atoms with Crippen molar-refractivity contribution in [2.24, 2.45) is 7.05 Å². The second-order valence-corrected chi connectivity index (χ2v) is 14.2. The van der Waals surface area contributed by atoms with Gasteiger partial charge in [0.15, 0.2) is 0 Å². The molecule has 276 valence electrons. The van der Waals surface area contributed by atoms with Crippen LogP contribution in [0.3, 0.4) is 0 Å². The van der Waals surface area contributed by atoms with Gasteiger partial charge in [0, 0.05) is 39.6 Å². The van der Waals surface area contributed by atoms with Crippen LogP contribution in [0.15, 0.2) is 54.9 Å². The Hall–Kier alpha value is -3.05.